The Kier molecular flexibility index (Phi) is 2.76. The van der Waals surface area contributed by atoms with Gasteiger partial charge in [-0.05, 0) is 66.9 Å². The molecule has 0 amide bonds. The summed E-state index contributed by atoms with van der Waals surface area (Å²) >= 11 is 0. The van der Waals surface area contributed by atoms with Gasteiger partial charge >= 0.3 is 0 Å². The number of fused-ring (bicyclic) bond motifs is 4. The van der Waals surface area contributed by atoms with Gasteiger partial charge in [0.25, 0.3) is 0 Å². The molecule has 4 rings (SSSR count). The van der Waals surface area contributed by atoms with Crippen LogP contribution in [0.3, 0.4) is 0 Å². The van der Waals surface area contributed by atoms with E-state index in [0.29, 0.717) is 24.0 Å². The van der Waals surface area contributed by atoms with Gasteiger partial charge in [-0.2, -0.15) is 0 Å². The van der Waals surface area contributed by atoms with Crippen LogP contribution in [-0.2, 0) is 4.79 Å². The highest BCUT2D eigenvalue weighted by molar-refractivity contribution is 5.84. The van der Waals surface area contributed by atoms with E-state index in [1.165, 1.54) is 17.6 Å². The van der Waals surface area contributed by atoms with Gasteiger partial charge in [0.05, 0.1) is 6.10 Å². The van der Waals surface area contributed by atoms with Crippen LogP contribution in [0.2, 0.25) is 0 Å². The molecule has 4 aliphatic rings. The van der Waals surface area contributed by atoms with Crippen LogP contribution < -0.4 is 0 Å². The number of Topliss-reactive ketones (excluding diaryl/α,β-unsaturated/α-hetero) is 1. The Morgan fingerprint density at radius 2 is 2.10 bits per heavy atom. The molecule has 3 fully saturated rings. The number of hydrogen-bond acceptors (Lipinski definition) is 2. The van der Waals surface area contributed by atoms with Crippen molar-refractivity contribution in [2.24, 2.45) is 17.3 Å². The molecule has 0 aromatic heterocycles. The topological polar surface area (TPSA) is 37.3 Å². The molecule has 0 bridgehead atoms. The van der Waals surface area contributed by atoms with Gasteiger partial charge in [-0.15, -0.1) is 0 Å². The highest BCUT2D eigenvalue weighted by Gasteiger charge is 2.52. The first-order valence-electron chi connectivity index (χ1n) is 8.20. The number of aliphatic hydroxyl groups excluding tert-OH is 1. The second kappa shape index (κ2) is 4.30. The molecule has 4 aliphatic carbocycles. The van der Waals surface area contributed by atoms with Crippen molar-refractivity contribution < 1.29 is 9.90 Å². The first kappa shape index (κ1) is 12.8. The van der Waals surface area contributed by atoms with Crippen LogP contribution in [0.4, 0.5) is 0 Å². The van der Waals surface area contributed by atoms with Gasteiger partial charge in [0.1, 0.15) is 5.78 Å². The average Bonchev–Trinajstić information content (AvgIpc) is 2.74. The van der Waals surface area contributed by atoms with E-state index < -0.39 is 0 Å². The lowest BCUT2D eigenvalue weighted by Crippen LogP contribution is -2.41. The summed E-state index contributed by atoms with van der Waals surface area (Å²) in [6.45, 7) is 2.31. The van der Waals surface area contributed by atoms with E-state index in [9.17, 15) is 9.90 Å². The second-order valence-corrected chi connectivity index (χ2v) is 7.50. The van der Waals surface area contributed by atoms with Crippen molar-refractivity contribution in [1.29, 1.82) is 0 Å². The average molecular weight is 272 g/mol. The lowest BCUT2D eigenvalue weighted by Gasteiger charge is -2.47. The second-order valence-electron chi connectivity index (χ2n) is 7.50. The van der Waals surface area contributed by atoms with Gasteiger partial charge in [-0.25, -0.2) is 0 Å². The molecule has 2 nitrogen and oxygen atoms in total. The number of carbonyl (C=O) groups is 1. The zero-order valence-corrected chi connectivity index (χ0v) is 12.3. The largest absolute Gasteiger partial charge is 0.393 e. The zero-order chi connectivity index (χ0) is 13.9. The highest BCUT2D eigenvalue weighted by Crippen LogP contribution is 2.59. The van der Waals surface area contributed by atoms with Crippen LogP contribution >= 0.6 is 0 Å². The third-order valence-electron chi connectivity index (χ3n) is 6.66. The molecule has 0 aliphatic heterocycles. The molecule has 0 spiro atoms. The molecule has 0 aromatic carbocycles. The Hall–Kier alpha value is -0.890. The molecule has 4 atom stereocenters. The Morgan fingerprint density at radius 3 is 2.95 bits per heavy atom. The normalized spacial score (nSPS) is 43.8. The van der Waals surface area contributed by atoms with Crippen LogP contribution in [0.15, 0.2) is 22.8 Å². The summed E-state index contributed by atoms with van der Waals surface area (Å²) in [4.78, 5) is 11.7. The molecule has 2 heteroatoms. The van der Waals surface area contributed by atoms with Crippen molar-refractivity contribution in [3.63, 3.8) is 0 Å². The molecule has 0 unspecified atom stereocenters. The quantitative estimate of drug-likeness (QED) is 0.732. The third kappa shape index (κ3) is 1.64. The minimum Gasteiger partial charge on any atom is -0.393 e. The Labute approximate surface area is 120 Å². The van der Waals surface area contributed by atoms with Crippen LogP contribution in [0.5, 0.6) is 0 Å². The number of carbonyl (C=O) groups excluding carboxylic acids is 1. The number of hydrogen-bond donors (Lipinski definition) is 1. The summed E-state index contributed by atoms with van der Waals surface area (Å²) in [5.41, 5.74) is 4.68. The van der Waals surface area contributed by atoms with Gasteiger partial charge in [0.2, 0.25) is 0 Å². The fraction of sp³-hybridized carbons (Fsp3) is 0.722. The number of rotatable bonds is 0. The molecular formula is C18H24O2. The molecule has 3 saturated carbocycles. The summed E-state index contributed by atoms with van der Waals surface area (Å²) in [5, 5.41) is 10.4. The number of aliphatic hydroxyl groups is 1. The van der Waals surface area contributed by atoms with Crippen LogP contribution in [0, 0.1) is 17.3 Å². The van der Waals surface area contributed by atoms with Crippen LogP contribution in [0.25, 0.3) is 0 Å². The lowest BCUT2D eigenvalue weighted by atomic mass is 9.58. The third-order valence-corrected chi connectivity index (χ3v) is 6.66. The molecule has 0 aromatic rings. The van der Waals surface area contributed by atoms with Crippen LogP contribution in [0.1, 0.15) is 58.3 Å². The van der Waals surface area contributed by atoms with Crippen molar-refractivity contribution >= 4 is 5.78 Å². The molecule has 1 N–H and O–H groups in total. The Balaban J connectivity index is 1.70. The Morgan fingerprint density at radius 1 is 1.25 bits per heavy atom. The van der Waals surface area contributed by atoms with E-state index in [0.717, 1.165) is 38.5 Å². The summed E-state index contributed by atoms with van der Waals surface area (Å²) in [7, 11) is 0. The maximum atomic E-state index is 11.7. The van der Waals surface area contributed by atoms with E-state index in [4.69, 9.17) is 0 Å². The first-order valence-corrected chi connectivity index (χ1v) is 8.20. The van der Waals surface area contributed by atoms with Crippen molar-refractivity contribution in [1.82, 2.24) is 0 Å². The molecular weight excluding hydrogens is 248 g/mol. The van der Waals surface area contributed by atoms with E-state index in [1.54, 1.807) is 5.57 Å². The minimum atomic E-state index is -0.0997. The lowest BCUT2D eigenvalue weighted by molar-refractivity contribution is -0.118. The van der Waals surface area contributed by atoms with Gasteiger partial charge in [0, 0.05) is 12.8 Å². The van der Waals surface area contributed by atoms with Crippen molar-refractivity contribution in [3.8, 4) is 0 Å². The van der Waals surface area contributed by atoms with E-state index in [2.05, 4.69) is 13.0 Å². The van der Waals surface area contributed by atoms with Crippen molar-refractivity contribution in [2.45, 2.75) is 64.4 Å². The predicted octanol–water partition coefficient (Wildman–Crippen LogP) is 3.55. The maximum Gasteiger partial charge on any atom is 0.137 e. The minimum absolute atomic E-state index is 0.0997. The molecule has 0 heterocycles. The van der Waals surface area contributed by atoms with Gasteiger partial charge in [-0.1, -0.05) is 18.6 Å². The zero-order valence-electron chi connectivity index (χ0n) is 12.3. The van der Waals surface area contributed by atoms with Gasteiger partial charge in [-0.3, -0.25) is 4.79 Å². The van der Waals surface area contributed by atoms with E-state index in [1.807, 2.05) is 0 Å². The summed E-state index contributed by atoms with van der Waals surface area (Å²) in [6, 6.07) is 0. The van der Waals surface area contributed by atoms with E-state index in [-0.39, 0.29) is 11.5 Å². The number of allylic oxidation sites excluding steroid dienone is 4. The fourth-order valence-corrected chi connectivity index (χ4v) is 5.43. The molecule has 20 heavy (non-hydrogen) atoms. The van der Waals surface area contributed by atoms with Gasteiger partial charge in [0.15, 0.2) is 0 Å². The van der Waals surface area contributed by atoms with Crippen molar-refractivity contribution in [2.75, 3.05) is 0 Å². The highest BCUT2D eigenvalue weighted by atomic mass is 16.3. The smallest absolute Gasteiger partial charge is 0.137 e. The standard InChI is InChI=1S/C18H24O2/c1-18-9-8-14-13-5-3-12(19)10-11(13)2-4-15(14)16(18)6-7-17(18)20/h2,15-17,20H,3-10H2,1H3/t15-,16+,17+,18+/m1/s1. The fourth-order valence-electron chi connectivity index (χ4n) is 5.43. The predicted molar refractivity (Wildman–Crippen MR) is 78.1 cm³/mol. The Bertz CT molecular complexity index is 528. The van der Waals surface area contributed by atoms with Crippen LogP contribution in [-0.4, -0.2) is 17.0 Å². The first-order chi connectivity index (χ1) is 9.59. The molecule has 0 saturated heterocycles. The van der Waals surface area contributed by atoms with Crippen molar-refractivity contribution in [3.05, 3.63) is 22.8 Å². The van der Waals surface area contributed by atoms with E-state index >= 15 is 0 Å². The summed E-state index contributed by atoms with van der Waals surface area (Å²) in [6.07, 6.45) is 10.2. The summed E-state index contributed by atoms with van der Waals surface area (Å²) in [5.74, 6) is 1.72. The molecule has 0 radical (unpaired) electrons. The number of ketones is 1. The van der Waals surface area contributed by atoms with Gasteiger partial charge < -0.3 is 5.11 Å². The maximum absolute atomic E-state index is 11.7. The molecule has 108 valence electrons. The SMILES string of the molecule is C[C@]12CCC3=C4CCC(=O)CC4=CC[C@H]3[C@@H]1CC[C@@H]2O. The monoisotopic (exact) mass is 272 g/mol. The summed E-state index contributed by atoms with van der Waals surface area (Å²) < 4.78 is 0.